The fourth-order valence-electron chi connectivity index (χ4n) is 2.29. The minimum atomic E-state index is -3.75. The molecule has 2 N–H and O–H groups in total. The van der Waals surface area contributed by atoms with E-state index in [0.29, 0.717) is 24.3 Å². The van der Waals surface area contributed by atoms with Crippen molar-refractivity contribution in [3.63, 3.8) is 0 Å². The van der Waals surface area contributed by atoms with E-state index in [4.69, 9.17) is 0 Å². The number of nitrogens with one attached hydrogen (secondary N) is 2. The Kier molecular flexibility index (Phi) is 3.38. The summed E-state index contributed by atoms with van der Waals surface area (Å²) in [5.74, 6) is 0.00295. The lowest BCUT2D eigenvalue weighted by molar-refractivity contribution is -0.117. The van der Waals surface area contributed by atoms with Crippen LogP contribution in [0.5, 0.6) is 0 Å². The molecular formula is C13H14N4O3S. The van der Waals surface area contributed by atoms with Crippen LogP contribution < -0.4 is 9.62 Å². The largest absolute Gasteiger partial charge is 0.334 e. The lowest BCUT2D eigenvalue weighted by Gasteiger charge is -2.20. The Bertz CT molecular complexity index is 755. The smallest absolute Gasteiger partial charge is 0.279 e. The first-order valence-electron chi connectivity index (χ1n) is 6.48. The van der Waals surface area contributed by atoms with Gasteiger partial charge in [-0.25, -0.2) is 4.98 Å². The summed E-state index contributed by atoms with van der Waals surface area (Å²) in [6.45, 7) is 0.599. The Balaban J connectivity index is 1.95. The molecule has 21 heavy (non-hydrogen) atoms. The molecule has 1 aliphatic rings. The van der Waals surface area contributed by atoms with Gasteiger partial charge in [0.15, 0.2) is 5.03 Å². The van der Waals surface area contributed by atoms with Crippen molar-refractivity contribution in [2.24, 2.45) is 0 Å². The first-order valence-corrected chi connectivity index (χ1v) is 7.97. The van der Waals surface area contributed by atoms with Crippen LogP contribution in [0.25, 0.3) is 0 Å². The Hall–Kier alpha value is -2.35. The molecule has 7 nitrogen and oxygen atoms in total. The number of imidazole rings is 1. The number of para-hydroxylation sites is 2. The second-order valence-corrected chi connectivity index (χ2v) is 6.34. The van der Waals surface area contributed by atoms with Crippen molar-refractivity contribution >= 4 is 27.3 Å². The van der Waals surface area contributed by atoms with Crippen LogP contribution in [0.2, 0.25) is 0 Å². The molecule has 1 saturated heterocycles. The van der Waals surface area contributed by atoms with Crippen LogP contribution in [0.15, 0.2) is 41.8 Å². The molecule has 0 aliphatic carbocycles. The second kappa shape index (κ2) is 5.21. The van der Waals surface area contributed by atoms with Gasteiger partial charge in [0.05, 0.1) is 23.9 Å². The Morgan fingerprint density at radius 3 is 2.76 bits per heavy atom. The number of carbonyl (C=O) groups is 1. The minimum absolute atomic E-state index is 0.00295. The Labute approximate surface area is 122 Å². The lowest BCUT2D eigenvalue weighted by atomic mass is 10.2. The molecule has 0 bridgehead atoms. The molecule has 1 aliphatic heterocycles. The summed E-state index contributed by atoms with van der Waals surface area (Å²) in [6, 6.07) is 6.85. The van der Waals surface area contributed by atoms with Crippen molar-refractivity contribution in [3.8, 4) is 0 Å². The normalized spacial score (nSPS) is 15.4. The Morgan fingerprint density at radius 1 is 1.29 bits per heavy atom. The zero-order chi connectivity index (χ0) is 14.9. The zero-order valence-electron chi connectivity index (χ0n) is 11.1. The number of rotatable bonds is 4. The standard InChI is InChI=1S/C13H14N4O3S/c18-13-6-3-7-17(13)11-5-2-1-4-10(11)16-21(19,20)12-8-14-9-15-12/h1-2,4-5,8-9,16H,3,6-7H2,(H,14,15). The molecule has 0 radical (unpaired) electrons. The Morgan fingerprint density at radius 2 is 2.10 bits per heavy atom. The molecule has 0 unspecified atom stereocenters. The predicted octanol–water partition coefficient (Wildman–Crippen LogP) is 1.34. The number of benzene rings is 1. The average molecular weight is 306 g/mol. The number of sulfonamides is 1. The fourth-order valence-corrected chi connectivity index (χ4v) is 3.27. The number of aromatic amines is 1. The summed E-state index contributed by atoms with van der Waals surface area (Å²) >= 11 is 0. The second-order valence-electron chi connectivity index (χ2n) is 4.69. The lowest BCUT2D eigenvalue weighted by Crippen LogP contribution is -2.25. The maximum absolute atomic E-state index is 12.2. The number of amides is 1. The molecule has 110 valence electrons. The third kappa shape index (κ3) is 2.62. The van der Waals surface area contributed by atoms with Gasteiger partial charge in [-0.3, -0.25) is 9.52 Å². The van der Waals surface area contributed by atoms with E-state index in [9.17, 15) is 13.2 Å². The van der Waals surface area contributed by atoms with Crippen molar-refractivity contribution in [1.82, 2.24) is 9.97 Å². The minimum Gasteiger partial charge on any atom is -0.334 e. The van der Waals surface area contributed by atoms with Crippen LogP contribution in [0.3, 0.4) is 0 Å². The van der Waals surface area contributed by atoms with Crippen LogP contribution in [-0.4, -0.2) is 30.8 Å². The summed E-state index contributed by atoms with van der Waals surface area (Å²) in [6.07, 6.45) is 3.79. The van der Waals surface area contributed by atoms with Gasteiger partial charge < -0.3 is 9.88 Å². The van der Waals surface area contributed by atoms with E-state index in [1.54, 1.807) is 29.2 Å². The van der Waals surface area contributed by atoms with Crippen LogP contribution in [0, 0.1) is 0 Å². The van der Waals surface area contributed by atoms with E-state index in [1.165, 1.54) is 12.5 Å². The van der Waals surface area contributed by atoms with Gasteiger partial charge in [0.1, 0.15) is 0 Å². The zero-order valence-corrected chi connectivity index (χ0v) is 11.9. The summed E-state index contributed by atoms with van der Waals surface area (Å²) in [5, 5.41) is -0.0231. The number of aromatic nitrogens is 2. The number of H-pyrrole nitrogens is 1. The average Bonchev–Trinajstić information content (AvgIpc) is 3.10. The third-order valence-corrected chi connectivity index (χ3v) is 4.57. The molecule has 8 heteroatoms. The molecule has 0 atom stereocenters. The molecule has 0 spiro atoms. The summed E-state index contributed by atoms with van der Waals surface area (Å²) in [7, 11) is -3.75. The monoisotopic (exact) mass is 306 g/mol. The number of hydrogen-bond donors (Lipinski definition) is 2. The van der Waals surface area contributed by atoms with Gasteiger partial charge in [0.2, 0.25) is 5.91 Å². The van der Waals surface area contributed by atoms with E-state index in [2.05, 4.69) is 14.7 Å². The number of anilines is 2. The SMILES string of the molecule is O=C1CCCN1c1ccccc1NS(=O)(=O)c1cnc[nH]1. The molecule has 1 fully saturated rings. The molecule has 2 heterocycles. The summed E-state index contributed by atoms with van der Waals surface area (Å²) in [4.78, 5) is 19.7. The van der Waals surface area contributed by atoms with Crippen molar-refractivity contribution in [2.75, 3.05) is 16.2 Å². The predicted molar refractivity (Wildman–Crippen MR) is 77.4 cm³/mol. The molecule has 2 aromatic rings. The maximum atomic E-state index is 12.2. The molecule has 0 saturated carbocycles. The fraction of sp³-hybridized carbons (Fsp3) is 0.231. The first-order chi connectivity index (χ1) is 10.1. The number of carbonyl (C=O) groups excluding carboxylic acids is 1. The van der Waals surface area contributed by atoms with E-state index >= 15 is 0 Å². The van der Waals surface area contributed by atoms with Crippen LogP contribution in [0.4, 0.5) is 11.4 Å². The van der Waals surface area contributed by atoms with Gasteiger partial charge in [-0.2, -0.15) is 8.42 Å². The van der Waals surface area contributed by atoms with Gasteiger partial charge in [-0.1, -0.05) is 12.1 Å². The highest BCUT2D eigenvalue weighted by molar-refractivity contribution is 7.92. The highest BCUT2D eigenvalue weighted by Gasteiger charge is 2.25. The van der Waals surface area contributed by atoms with Gasteiger partial charge in [-0.05, 0) is 18.6 Å². The molecule has 1 aromatic heterocycles. The topological polar surface area (TPSA) is 95.2 Å². The van der Waals surface area contributed by atoms with Crippen molar-refractivity contribution in [3.05, 3.63) is 36.8 Å². The van der Waals surface area contributed by atoms with E-state index in [1.807, 2.05) is 0 Å². The summed E-state index contributed by atoms with van der Waals surface area (Å²) in [5.41, 5.74) is 0.949. The van der Waals surface area contributed by atoms with Crippen LogP contribution in [0.1, 0.15) is 12.8 Å². The number of hydrogen-bond acceptors (Lipinski definition) is 4. The van der Waals surface area contributed by atoms with Crippen LogP contribution in [-0.2, 0) is 14.8 Å². The molecule has 3 rings (SSSR count). The van der Waals surface area contributed by atoms with Crippen molar-refractivity contribution in [2.45, 2.75) is 17.9 Å². The van der Waals surface area contributed by atoms with Crippen LogP contribution >= 0.6 is 0 Å². The van der Waals surface area contributed by atoms with Gasteiger partial charge in [0, 0.05) is 13.0 Å². The maximum Gasteiger partial charge on any atom is 0.279 e. The quantitative estimate of drug-likeness (QED) is 0.891. The molecular weight excluding hydrogens is 292 g/mol. The molecule has 1 aromatic carbocycles. The summed E-state index contributed by atoms with van der Waals surface area (Å²) < 4.78 is 26.9. The third-order valence-electron chi connectivity index (χ3n) is 3.28. The van der Waals surface area contributed by atoms with Crippen molar-refractivity contribution < 1.29 is 13.2 Å². The van der Waals surface area contributed by atoms with E-state index in [0.717, 1.165) is 6.42 Å². The van der Waals surface area contributed by atoms with Crippen molar-refractivity contribution in [1.29, 1.82) is 0 Å². The highest BCUT2D eigenvalue weighted by atomic mass is 32.2. The molecule has 1 amide bonds. The van der Waals surface area contributed by atoms with E-state index < -0.39 is 10.0 Å². The van der Waals surface area contributed by atoms with E-state index in [-0.39, 0.29) is 10.9 Å². The van der Waals surface area contributed by atoms with Gasteiger partial charge in [0.25, 0.3) is 10.0 Å². The highest BCUT2D eigenvalue weighted by Crippen LogP contribution is 2.30. The van der Waals surface area contributed by atoms with Gasteiger partial charge in [-0.15, -0.1) is 0 Å². The van der Waals surface area contributed by atoms with Gasteiger partial charge >= 0.3 is 0 Å². The first kappa shape index (κ1) is 13.6. The number of nitrogens with zero attached hydrogens (tertiary/aromatic N) is 2.